The van der Waals surface area contributed by atoms with Crippen molar-refractivity contribution in [1.82, 2.24) is 0 Å². The van der Waals surface area contributed by atoms with Crippen molar-refractivity contribution in [1.29, 1.82) is 0 Å². The third-order valence-electron chi connectivity index (χ3n) is 2.79. The van der Waals surface area contributed by atoms with E-state index in [0.717, 1.165) is 6.71 Å². The highest BCUT2D eigenvalue weighted by molar-refractivity contribution is 6.61. The molecule has 8 heavy (non-hydrogen) atoms. The lowest BCUT2D eigenvalue weighted by atomic mass is 9.38. The van der Waals surface area contributed by atoms with Crippen molar-refractivity contribution < 1.29 is 0 Å². The maximum atomic E-state index is 2.38. The highest BCUT2D eigenvalue weighted by Crippen LogP contribution is 2.42. The highest BCUT2D eigenvalue weighted by atomic mass is 14.2. The molecule has 0 bridgehead atoms. The summed E-state index contributed by atoms with van der Waals surface area (Å²) < 4.78 is 0. The van der Waals surface area contributed by atoms with Crippen LogP contribution in [-0.4, -0.2) is 6.71 Å². The first kappa shape index (κ1) is 6.19. The van der Waals surface area contributed by atoms with Gasteiger partial charge in [0.2, 0.25) is 0 Å². The summed E-state index contributed by atoms with van der Waals surface area (Å²) in [5.74, 6) is 0. The normalized spacial score (nSPS) is 26.6. The average molecular weight is 110 g/mol. The van der Waals surface area contributed by atoms with E-state index < -0.39 is 0 Å². The largest absolute Gasteiger partial charge is 0.142 e. The molecule has 0 aliphatic carbocycles. The van der Waals surface area contributed by atoms with Crippen molar-refractivity contribution in [2.75, 3.05) is 0 Å². The smallest absolute Gasteiger partial charge is 0.0857 e. The molecule has 1 rings (SSSR count). The van der Waals surface area contributed by atoms with Crippen molar-refractivity contribution in [2.45, 2.75) is 45.1 Å². The van der Waals surface area contributed by atoms with Crippen LogP contribution in [0.5, 0.6) is 0 Å². The van der Waals surface area contributed by atoms with Gasteiger partial charge >= 0.3 is 0 Å². The molecule has 1 saturated heterocycles. The second-order valence-electron chi connectivity index (χ2n) is 3.78. The van der Waals surface area contributed by atoms with Crippen LogP contribution < -0.4 is 0 Å². The first-order chi connectivity index (χ1) is 3.63. The van der Waals surface area contributed by atoms with Gasteiger partial charge in [-0.1, -0.05) is 45.1 Å². The van der Waals surface area contributed by atoms with Crippen molar-refractivity contribution in [3.05, 3.63) is 0 Å². The SMILES string of the molecule is CB1CCCC1(C)C. The predicted octanol–water partition coefficient (Wildman–Crippen LogP) is 2.69. The zero-order chi connectivity index (χ0) is 6.20. The van der Waals surface area contributed by atoms with E-state index in [9.17, 15) is 0 Å². The summed E-state index contributed by atoms with van der Waals surface area (Å²) in [7, 11) is 0. The minimum atomic E-state index is 0.653. The van der Waals surface area contributed by atoms with E-state index in [2.05, 4.69) is 20.7 Å². The standard InChI is InChI=1S/C7H15B/c1-7(2)5-4-6-8(7)3/h4-6H2,1-3H3. The lowest BCUT2D eigenvalue weighted by Gasteiger charge is -2.19. The van der Waals surface area contributed by atoms with E-state index in [1.54, 1.807) is 0 Å². The number of hydrogen-bond acceptors (Lipinski definition) is 0. The molecule has 0 N–H and O–H groups in total. The van der Waals surface area contributed by atoms with Crippen LogP contribution in [0.2, 0.25) is 18.5 Å². The zero-order valence-electron chi connectivity index (χ0n) is 6.20. The summed E-state index contributed by atoms with van der Waals surface area (Å²) in [6.45, 7) is 8.09. The van der Waals surface area contributed by atoms with Crippen LogP contribution >= 0.6 is 0 Å². The highest BCUT2D eigenvalue weighted by Gasteiger charge is 2.33. The fourth-order valence-electron chi connectivity index (χ4n) is 1.50. The molecule has 1 aliphatic heterocycles. The number of hydrogen-bond donors (Lipinski definition) is 0. The van der Waals surface area contributed by atoms with E-state index in [1.807, 2.05) is 0 Å². The fourth-order valence-corrected chi connectivity index (χ4v) is 1.50. The molecular formula is C7H15B. The Kier molecular flexibility index (Phi) is 1.38. The molecule has 0 aromatic heterocycles. The molecule has 1 heteroatoms. The third kappa shape index (κ3) is 0.912. The maximum absolute atomic E-state index is 2.38. The Hall–Kier alpha value is 0.0649. The van der Waals surface area contributed by atoms with Crippen molar-refractivity contribution in [3.63, 3.8) is 0 Å². The monoisotopic (exact) mass is 110 g/mol. The van der Waals surface area contributed by atoms with E-state index in [0.29, 0.717) is 5.31 Å². The summed E-state index contributed by atoms with van der Waals surface area (Å²) in [5, 5.41) is 0.653. The van der Waals surface area contributed by atoms with Gasteiger partial charge in [0.05, 0.1) is 0 Å². The summed E-state index contributed by atoms with van der Waals surface area (Å²) >= 11 is 0. The van der Waals surface area contributed by atoms with Gasteiger partial charge in [0.1, 0.15) is 6.71 Å². The van der Waals surface area contributed by atoms with Crippen LogP contribution in [0.1, 0.15) is 26.7 Å². The average Bonchev–Trinajstić information content (AvgIpc) is 1.86. The summed E-state index contributed by atoms with van der Waals surface area (Å²) in [4.78, 5) is 0. The van der Waals surface area contributed by atoms with E-state index in [-0.39, 0.29) is 0 Å². The second kappa shape index (κ2) is 1.79. The summed E-state index contributed by atoms with van der Waals surface area (Å²) in [5.41, 5.74) is 0. The maximum Gasteiger partial charge on any atom is 0.142 e. The van der Waals surface area contributed by atoms with E-state index in [1.165, 1.54) is 19.2 Å². The second-order valence-corrected chi connectivity index (χ2v) is 3.78. The van der Waals surface area contributed by atoms with Gasteiger partial charge in [-0.3, -0.25) is 0 Å². The molecule has 0 aromatic carbocycles. The van der Waals surface area contributed by atoms with Crippen LogP contribution in [0, 0.1) is 0 Å². The Morgan fingerprint density at radius 2 is 2.00 bits per heavy atom. The molecule has 46 valence electrons. The Bertz CT molecular complexity index is 86.4. The summed E-state index contributed by atoms with van der Waals surface area (Å²) in [6, 6.07) is 0. The zero-order valence-corrected chi connectivity index (χ0v) is 6.20. The van der Waals surface area contributed by atoms with Gasteiger partial charge in [-0.2, -0.15) is 0 Å². The van der Waals surface area contributed by atoms with E-state index in [4.69, 9.17) is 0 Å². The Morgan fingerprint density at radius 1 is 1.38 bits per heavy atom. The van der Waals surface area contributed by atoms with Gasteiger partial charge < -0.3 is 0 Å². The van der Waals surface area contributed by atoms with Gasteiger partial charge in [0, 0.05) is 0 Å². The quantitative estimate of drug-likeness (QED) is 0.420. The van der Waals surface area contributed by atoms with Crippen LogP contribution in [-0.2, 0) is 0 Å². The van der Waals surface area contributed by atoms with Gasteiger partial charge in [-0.05, 0) is 0 Å². The predicted molar refractivity (Wildman–Crippen MR) is 39.7 cm³/mol. The van der Waals surface area contributed by atoms with Crippen LogP contribution in [0.4, 0.5) is 0 Å². The molecule has 0 unspecified atom stereocenters. The lowest BCUT2D eigenvalue weighted by Crippen LogP contribution is -2.16. The Labute approximate surface area is 52.7 Å². The molecule has 0 spiro atoms. The lowest BCUT2D eigenvalue weighted by molar-refractivity contribution is 0.632. The number of rotatable bonds is 0. The molecular weight excluding hydrogens is 94.9 g/mol. The van der Waals surface area contributed by atoms with Crippen molar-refractivity contribution in [2.24, 2.45) is 0 Å². The Balaban J connectivity index is 2.54. The minimum Gasteiger partial charge on any atom is -0.0857 e. The molecule has 1 aliphatic rings. The van der Waals surface area contributed by atoms with Gasteiger partial charge in [-0.15, -0.1) is 0 Å². The summed E-state index contributed by atoms with van der Waals surface area (Å²) in [6.07, 6.45) is 4.34. The molecule has 0 saturated carbocycles. The first-order valence-corrected chi connectivity index (χ1v) is 3.63. The Morgan fingerprint density at radius 3 is 2.12 bits per heavy atom. The molecule has 0 amide bonds. The molecule has 1 heterocycles. The molecule has 0 aromatic rings. The minimum absolute atomic E-state index is 0.653. The molecule has 1 fully saturated rings. The molecule has 0 atom stereocenters. The first-order valence-electron chi connectivity index (χ1n) is 3.63. The van der Waals surface area contributed by atoms with Crippen molar-refractivity contribution >= 4 is 6.71 Å². The van der Waals surface area contributed by atoms with Crippen LogP contribution in [0.25, 0.3) is 0 Å². The van der Waals surface area contributed by atoms with Gasteiger partial charge in [0.15, 0.2) is 0 Å². The van der Waals surface area contributed by atoms with Crippen LogP contribution in [0.3, 0.4) is 0 Å². The topological polar surface area (TPSA) is 0 Å². The molecule has 0 radical (unpaired) electrons. The van der Waals surface area contributed by atoms with Gasteiger partial charge in [-0.25, -0.2) is 0 Å². The fraction of sp³-hybridized carbons (Fsp3) is 1.00. The molecule has 0 nitrogen and oxygen atoms in total. The van der Waals surface area contributed by atoms with Crippen molar-refractivity contribution in [3.8, 4) is 0 Å². The van der Waals surface area contributed by atoms with E-state index >= 15 is 0 Å². The third-order valence-corrected chi connectivity index (χ3v) is 2.79. The van der Waals surface area contributed by atoms with Gasteiger partial charge in [0.25, 0.3) is 0 Å². The van der Waals surface area contributed by atoms with Crippen LogP contribution in [0.15, 0.2) is 0 Å².